The Morgan fingerprint density at radius 3 is 1.84 bits per heavy atom. The van der Waals surface area contributed by atoms with E-state index in [2.05, 4.69) is 10.6 Å². The first-order chi connectivity index (χ1) is 20.6. The second-order valence-electron chi connectivity index (χ2n) is 11.9. The van der Waals surface area contributed by atoms with Gasteiger partial charge in [0.15, 0.2) is 15.5 Å². The fraction of sp³-hybridized carbons (Fsp3) is 0.406. The van der Waals surface area contributed by atoms with Gasteiger partial charge in [-0.05, 0) is 75.1 Å². The fourth-order valence-electron chi connectivity index (χ4n) is 6.40. The van der Waals surface area contributed by atoms with Gasteiger partial charge in [0.1, 0.15) is 5.75 Å². The molecule has 3 aromatic rings. The number of nitrogens with zero attached hydrogens (tertiary/aromatic N) is 1. The van der Waals surface area contributed by atoms with E-state index in [0.29, 0.717) is 41.5 Å². The molecule has 1 unspecified atom stereocenters. The summed E-state index contributed by atoms with van der Waals surface area (Å²) in [6.07, 6.45) is 2.36. The van der Waals surface area contributed by atoms with Crippen molar-refractivity contribution in [3.8, 4) is 5.75 Å². The van der Waals surface area contributed by atoms with Gasteiger partial charge in [-0.25, -0.2) is 8.42 Å². The van der Waals surface area contributed by atoms with Gasteiger partial charge in [-0.3, -0.25) is 15.4 Å². The van der Waals surface area contributed by atoms with Gasteiger partial charge < -0.3 is 15.4 Å². The van der Waals surface area contributed by atoms with Gasteiger partial charge in [-0.15, -0.1) is 0 Å². The molecule has 3 atom stereocenters. The Labute approximate surface area is 274 Å². The van der Waals surface area contributed by atoms with Crippen LogP contribution >= 0.6 is 34.8 Å². The van der Waals surface area contributed by atoms with E-state index in [1.165, 1.54) is 12.1 Å². The summed E-state index contributed by atoms with van der Waals surface area (Å²) < 4.78 is 32.0. The number of sulfone groups is 1. The first-order valence-corrected chi connectivity index (χ1v) is 17.5. The highest BCUT2D eigenvalue weighted by Crippen LogP contribution is 2.52. The molecule has 44 heavy (non-hydrogen) atoms. The molecule has 8 nitrogen and oxygen atoms in total. The lowest BCUT2D eigenvalue weighted by atomic mass is 9.72. The third-order valence-electron chi connectivity index (χ3n) is 9.00. The summed E-state index contributed by atoms with van der Waals surface area (Å²) in [4.78, 5) is 16.7. The smallest absolute Gasteiger partial charge is 0.262 e. The quantitative estimate of drug-likeness (QED) is 0.299. The molecule has 2 heterocycles. The number of benzene rings is 3. The third kappa shape index (κ3) is 5.73. The molecule has 12 heteroatoms. The second-order valence-corrected chi connectivity index (χ2v) is 15.1. The molecular weight excluding hydrogens is 643 g/mol. The van der Waals surface area contributed by atoms with Gasteiger partial charge in [0.2, 0.25) is 0 Å². The predicted octanol–water partition coefficient (Wildman–Crippen LogP) is 5.58. The minimum absolute atomic E-state index is 0.00479. The van der Waals surface area contributed by atoms with Crippen LogP contribution in [0.15, 0.2) is 65.6 Å². The van der Waals surface area contributed by atoms with E-state index in [4.69, 9.17) is 45.3 Å². The number of ether oxygens (including phenoxy) is 1. The number of nitrogens with two attached hydrogens (primary N) is 1. The van der Waals surface area contributed by atoms with Gasteiger partial charge in [-0.1, -0.05) is 59.1 Å². The SMILES string of the molecule is CCOc1cc(Cl)c(S(C)(=O)=O)cc1C1(C(=O)N2CCC(N)CC2)N[C@@](C)(c2ccc(Cl)cc2)[C@@](C)(c2ccc(Cl)cc2)N1. The molecule has 236 valence electrons. The van der Waals surface area contributed by atoms with Crippen molar-refractivity contribution in [3.63, 3.8) is 0 Å². The zero-order valence-corrected chi connectivity index (χ0v) is 28.2. The van der Waals surface area contributed by atoms with E-state index < -0.39 is 26.6 Å². The molecule has 5 rings (SSSR count). The molecular formula is C32H37Cl3N4O4S. The number of carbonyl (C=O) groups is 1. The van der Waals surface area contributed by atoms with Crippen molar-refractivity contribution < 1.29 is 17.9 Å². The fourth-order valence-corrected chi connectivity index (χ4v) is 7.97. The molecule has 2 aliphatic heterocycles. The molecule has 4 N–H and O–H groups in total. The van der Waals surface area contributed by atoms with Crippen LogP contribution in [0, 0.1) is 0 Å². The van der Waals surface area contributed by atoms with E-state index in [1.54, 1.807) is 29.2 Å². The zero-order chi connectivity index (χ0) is 32.1. The summed E-state index contributed by atoms with van der Waals surface area (Å²) in [7, 11) is -3.79. The highest BCUT2D eigenvalue weighted by Gasteiger charge is 2.64. The first kappa shape index (κ1) is 33.0. The maximum absolute atomic E-state index is 15.1. The number of halogens is 3. The van der Waals surface area contributed by atoms with E-state index in [-0.39, 0.29) is 34.2 Å². The van der Waals surface area contributed by atoms with Crippen molar-refractivity contribution in [2.75, 3.05) is 26.0 Å². The largest absolute Gasteiger partial charge is 0.493 e. The van der Waals surface area contributed by atoms with Crippen LogP contribution in [-0.2, 0) is 31.4 Å². The van der Waals surface area contributed by atoms with Crippen molar-refractivity contribution in [2.45, 2.75) is 61.3 Å². The van der Waals surface area contributed by atoms with Gasteiger partial charge in [0, 0.05) is 47.1 Å². The Morgan fingerprint density at radius 1 is 0.932 bits per heavy atom. The number of amides is 1. The Bertz CT molecular complexity index is 1600. The number of likely N-dealkylation sites (tertiary alicyclic amines) is 1. The summed E-state index contributed by atoms with van der Waals surface area (Å²) in [6, 6.07) is 17.8. The Kier molecular flexibility index (Phi) is 9.07. The maximum Gasteiger partial charge on any atom is 0.262 e. The number of hydrogen-bond donors (Lipinski definition) is 3. The van der Waals surface area contributed by atoms with Gasteiger partial charge >= 0.3 is 0 Å². The molecule has 0 bridgehead atoms. The van der Waals surface area contributed by atoms with Crippen molar-refractivity contribution in [3.05, 3.63) is 92.4 Å². The number of hydrogen-bond acceptors (Lipinski definition) is 7. The third-order valence-corrected chi connectivity index (χ3v) is 11.1. The average molecular weight is 680 g/mol. The molecule has 1 amide bonds. The standard InChI is InChI=1S/C32H37Cl3N4O4S/c1-5-43-27-19-26(35)28(44(4,41)42)18-25(27)32(29(40)39-16-14-24(36)15-17-39)37-30(2,20-6-10-22(33)11-7-20)31(3,38-32)21-8-12-23(34)13-9-21/h6-13,18-19,24,37-38H,5,14-17,36H2,1-4H3/t30-,31+,32?. The Balaban J connectivity index is 1.84. The zero-order valence-electron chi connectivity index (χ0n) is 25.1. The van der Waals surface area contributed by atoms with Crippen molar-refractivity contribution in [1.82, 2.24) is 15.5 Å². The minimum atomic E-state index is -3.79. The van der Waals surface area contributed by atoms with Crippen LogP contribution in [0.5, 0.6) is 5.75 Å². The molecule has 2 saturated heterocycles. The van der Waals surface area contributed by atoms with Gasteiger partial charge in [-0.2, -0.15) is 0 Å². The van der Waals surface area contributed by atoms with Gasteiger partial charge in [0.25, 0.3) is 5.91 Å². The van der Waals surface area contributed by atoms with E-state index in [0.717, 1.165) is 17.4 Å². The molecule has 0 aliphatic carbocycles. The Hall–Kier alpha value is -2.37. The number of piperidine rings is 1. The molecule has 2 aliphatic rings. The van der Waals surface area contributed by atoms with Crippen LogP contribution < -0.4 is 21.1 Å². The molecule has 0 aromatic heterocycles. The van der Waals surface area contributed by atoms with Crippen molar-refractivity contribution in [1.29, 1.82) is 0 Å². The van der Waals surface area contributed by atoms with Crippen molar-refractivity contribution >= 4 is 50.5 Å². The summed E-state index contributed by atoms with van der Waals surface area (Å²) in [6.45, 7) is 6.97. The molecule has 2 fully saturated rings. The van der Waals surface area contributed by atoms with Crippen LogP contribution in [0.2, 0.25) is 15.1 Å². The number of rotatable bonds is 7. The summed E-state index contributed by atoms with van der Waals surface area (Å²) in [5.74, 6) is -0.00391. The van der Waals surface area contributed by atoms with E-state index >= 15 is 4.79 Å². The van der Waals surface area contributed by atoms with E-state index in [1.807, 2.05) is 45.0 Å². The Morgan fingerprint density at radius 2 is 1.41 bits per heavy atom. The number of nitrogens with one attached hydrogen (secondary N) is 2. The second kappa shape index (κ2) is 12.1. The minimum Gasteiger partial charge on any atom is -0.493 e. The predicted molar refractivity (Wildman–Crippen MR) is 175 cm³/mol. The van der Waals surface area contributed by atoms with Crippen LogP contribution in [0.3, 0.4) is 0 Å². The van der Waals surface area contributed by atoms with Crippen molar-refractivity contribution in [2.24, 2.45) is 5.73 Å². The lowest BCUT2D eigenvalue weighted by molar-refractivity contribution is -0.141. The lowest BCUT2D eigenvalue weighted by Gasteiger charge is -2.41. The summed E-state index contributed by atoms with van der Waals surface area (Å²) in [5.41, 5.74) is 4.60. The highest BCUT2D eigenvalue weighted by atomic mass is 35.5. The lowest BCUT2D eigenvalue weighted by Crippen LogP contribution is -2.62. The van der Waals surface area contributed by atoms with Crippen LogP contribution in [0.4, 0.5) is 0 Å². The maximum atomic E-state index is 15.1. The average Bonchev–Trinajstić information content (AvgIpc) is 3.22. The summed E-state index contributed by atoms with van der Waals surface area (Å²) in [5, 5.41) is 8.57. The van der Waals surface area contributed by atoms with E-state index in [9.17, 15) is 8.42 Å². The topological polar surface area (TPSA) is 114 Å². The normalized spacial score (nSPS) is 26.1. The summed E-state index contributed by atoms with van der Waals surface area (Å²) >= 11 is 19.1. The van der Waals surface area contributed by atoms with Crippen LogP contribution in [0.1, 0.15) is 50.3 Å². The first-order valence-electron chi connectivity index (χ1n) is 14.5. The van der Waals surface area contributed by atoms with Crippen LogP contribution in [-0.4, -0.2) is 51.2 Å². The monoisotopic (exact) mass is 678 g/mol. The molecule has 3 aromatic carbocycles. The van der Waals surface area contributed by atoms with Crippen LogP contribution in [0.25, 0.3) is 0 Å². The number of carbonyl (C=O) groups excluding carboxylic acids is 1. The molecule has 0 spiro atoms. The molecule has 0 radical (unpaired) electrons. The van der Waals surface area contributed by atoms with Gasteiger partial charge in [0.05, 0.1) is 27.6 Å². The highest BCUT2D eigenvalue weighted by molar-refractivity contribution is 7.90. The molecule has 0 saturated carbocycles.